The van der Waals surface area contributed by atoms with E-state index in [2.05, 4.69) is 0 Å². The van der Waals surface area contributed by atoms with Crippen molar-refractivity contribution in [1.29, 1.82) is 5.26 Å². The van der Waals surface area contributed by atoms with Crippen LogP contribution in [-0.2, 0) is 4.79 Å². The first-order valence-electron chi connectivity index (χ1n) is 10.5. The van der Waals surface area contributed by atoms with E-state index >= 15 is 0 Å². The molecule has 1 aliphatic rings. The second-order valence-electron chi connectivity index (χ2n) is 8.05. The highest BCUT2D eigenvalue weighted by atomic mass is 19.4. The molecule has 2 aromatic carbocycles. The zero-order valence-electron chi connectivity index (χ0n) is 18.0. The van der Waals surface area contributed by atoms with Crippen LogP contribution in [0.2, 0.25) is 0 Å². The number of nitrogens with zero attached hydrogens (tertiary/aromatic N) is 2. The van der Waals surface area contributed by atoms with Gasteiger partial charge in [-0.1, -0.05) is 49.7 Å². The summed E-state index contributed by atoms with van der Waals surface area (Å²) in [7, 11) is 1.55. The lowest BCUT2D eigenvalue weighted by Gasteiger charge is -2.41. The molecule has 0 aliphatic heterocycles. The van der Waals surface area contributed by atoms with Crippen molar-refractivity contribution in [2.75, 3.05) is 7.11 Å². The first kappa shape index (κ1) is 23.6. The molecule has 1 aliphatic carbocycles. The maximum Gasteiger partial charge on any atom is 0.408 e. The molecule has 1 amide bonds. The molecule has 2 atom stereocenters. The normalized spacial score (nSPS) is 16.8. The molecule has 1 saturated carbocycles. The average molecular weight is 445 g/mol. The van der Waals surface area contributed by atoms with Gasteiger partial charge < -0.3 is 10.5 Å². The second-order valence-corrected chi connectivity index (χ2v) is 8.05. The number of amides is 1. The van der Waals surface area contributed by atoms with Crippen molar-refractivity contribution < 1.29 is 22.7 Å². The van der Waals surface area contributed by atoms with Crippen LogP contribution in [0.1, 0.15) is 44.2 Å². The third-order valence-electron chi connectivity index (χ3n) is 5.89. The molecule has 32 heavy (non-hydrogen) atoms. The highest BCUT2D eigenvalue weighted by molar-refractivity contribution is 5.80. The molecule has 3 rings (SSSR count). The van der Waals surface area contributed by atoms with Crippen molar-refractivity contribution >= 4 is 5.91 Å². The topological polar surface area (TPSA) is 79.3 Å². The van der Waals surface area contributed by atoms with E-state index in [4.69, 9.17) is 10.5 Å². The van der Waals surface area contributed by atoms with Gasteiger partial charge in [0.25, 0.3) is 0 Å². The molecule has 2 aromatic rings. The molecule has 0 aromatic heterocycles. The minimum Gasteiger partial charge on any atom is -0.497 e. The third kappa shape index (κ3) is 4.73. The number of benzene rings is 2. The Kier molecular flexibility index (Phi) is 6.79. The fourth-order valence-corrected chi connectivity index (χ4v) is 4.11. The molecular formula is C24H26F3N3O2. The van der Waals surface area contributed by atoms with Crippen LogP contribution in [0.4, 0.5) is 13.2 Å². The van der Waals surface area contributed by atoms with Crippen LogP contribution in [0.25, 0.3) is 11.1 Å². The second kappa shape index (κ2) is 9.21. The summed E-state index contributed by atoms with van der Waals surface area (Å²) in [5.74, 6) is -0.171. The Bertz CT molecular complexity index is 978. The van der Waals surface area contributed by atoms with Crippen LogP contribution in [0.15, 0.2) is 48.5 Å². The van der Waals surface area contributed by atoms with Gasteiger partial charge in [0.1, 0.15) is 17.3 Å². The average Bonchev–Trinajstić information content (AvgIpc) is 3.56. The van der Waals surface area contributed by atoms with Crippen LogP contribution >= 0.6 is 0 Å². The Hall–Kier alpha value is -3.05. The Morgan fingerprint density at radius 2 is 1.69 bits per heavy atom. The number of ether oxygens (including phenoxy) is 1. The van der Waals surface area contributed by atoms with E-state index in [1.54, 1.807) is 38.3 Å². The Balaban J connectivity index is 2.04. The Morgan fingerprint density at radius 1 is 1.16 bits per heavy atom. The predicted molar refractivity (Wildman–Crippen MR) is 115 cm³/mol. The molecule has 5 nitrogen and oxygen atoms in total. The predicted octanol–water partition coefficient (Wildman–Crippen LogP) is 4.98. The minimum atomic E-state index is -4.70. The lowest BCUT2D eigenvalue weighted by atomic mass is 9.95. The summed E-state index contributed by atoms with van der Waals surface area (Å²) in [6, 6.07) is 11.9. The lowest BCUT2D eigenvalue weighted by molar-refractivity contribution is -0.199. The van der Waals surface area contributed by atoms with Crippen LogP contribution in [0, 0.1) is 11.3 Å². The van der Waals surface area contributed by atoms with Gasteiger partial charge >= 0.3 is 6.18 Å². The number of methoxy groups -OCH3 is 1. The molecular weight excluding hydrogens is 419 g/mol. The number of nitrogens with two attached hydrogens (primary N) is 1. The molecule has 1 fully saturated rings. The van der Waals surface area contributed by atoms with E-state index < -0.39 is 29.7 Å². The van der Waals surface area contributed by atoms with Gasteiger partial charge in [-0.2, -0.15) is 18.4 Å². The van der Waals surface area contributed by atoms with E-state index in [-0.39, 0.29) is 24.8 Å². The summed E-state index contributed by atoms with van der Waals surface area (Å²) in [5, 5.41) is 9.70. The number of primary amides is 1. The van der Waals surface area contributed by atoms with Gasteiger partial charge in [-0.3, -0.25) is 9.69 Å². The highest BCUT2D eigenvalue weighted by Crippen LogP contribution is 2.51. The van der Waals surface area contributed by atoms with Crippen LogP contribution in [0.3, 0.4) is 0 Å². The molecule has 0 heterocycles. The summed E-state index contributed by atoms with van der Waals surface area (Å²) >= 11 is 0. The fourth-order valence-electron chi connectivity index (χ4n) is 4.11. The van der Waals surface area contributed by atoms with Gasteiger partial charge in [0, 0.05) is 0 Å². The van der Waals surface area contributed by atoms with Crippen molar-refractivity contribution in [2.45, 2.75) is 56.4 Å². The van der Waals surface area contributed by atoms with E-state index in [0.717, 1.165) is 16.0 Å². The van der Waals surface area contributed by atoms with Gasteiger partial charge in [-0.05, 0) is 48.1 Å². The minimum absolute atomic E-state index is 0.0290. The summed E-state index contributed by atoms with van der Waals surface area (Å²) in [6.07, 6.45) is -3.54. The number of halogens is 3. The zero-order valence-corrected chi connectivity index (χ0v) is 18.0. The number of alkyl halides is 3. The highest BCUT2D eigenvalue weighted by Gasteiger charge is 2.60. The Labute approximate surface area is 185 Å². The van der Waals surface area contributed by atoms with Gasteiger partial charge in [-0.15, -0.1) is 0 Å². The number of carbonyl (C=O) groups excluding carboxylic acids is 1. The van der Waals surface area contributed by atoms with Crippen LogP contribution in [-0.4, -0.2) is 35.7 Å². The first-order valence-corrected chi connectivity index (χ1v) is 10.5. The maximum absolute atomic E-state index is 14.4. The summed E-state index contributed by atoms with van der Waals surface area (Å²) in [4.78, 5) is 13.2. The van der Waals surface area contributed by atoms with Gasteiger partial charge in [0.05, 0.1) is 19.2 Å². The molecule has 8 heteroatoms. The number of hydrogen-bond donors (Lipinski definition) is 1. The molecule has 2 N–H and O–H groups in total. The lowest BCUT2D eigenvalue weighted by Crippen LogP contribution is -2.55. The van der Waals surface area contributed by atoms with E-state index in [1.165, 1.54) is 12.1 Å². The van der Waals surface area contributed by atoms with Gasteiger partial charge in [-0.25, -0.2) is 0 Å². The quantitative estimate of drug-likeness (QED) is 0.591. The third-order valence-corrected chi connectivity index (χ3v) is 5.89. The first-order chi connectivity index (χ1) is 15.2. The van der Waals surface area contributed by atoms with E-state index in [0.29, 0.717) is 12.2 Å². The van der Waals surface area contributed by atoms with Crippen molar-refractivity contribution in [2.24, 2.45) is 5.73 Å². The standard InChI is InChI=1S/C24H26F3N3O2/c1-3-4-20(22(29)31)30(23(15-28)13-14-23)21(24(25,26)27)18-7-5-16(6-8-18)17-9-11-19(32-2)12-10-17/h5-12,20-21H,3-4,13-14H2,1-2H3,(H2,29,31)/t20-,21-/m0/s1. The molecule has 0 saturated heterocycles. The largest absolute Gasteiger partial charge is 0.497 e. The molecule has 0 bridgehead atoms. The molecule has 0 spiro atoms. The Morgan fingerprint density at radius 3 is 2.06 bits per heavy atom. The van der Waals surface area contributed by atoms with Crippen LogP contribution < -0.4 is 10.5 Å². The van der Waals surface area contributed by atoms with Gasteiger partial charge in [0.15, 0.2) is 0 Å². The SMILES string of the molecule is CCC[C@@H](C(N)=O)N([C@@H](c1ccc(-c2ccc(OC)cc2)cc1)C(F)(F)F)C1(C#N)CC1. The number of carbonyl (C=O) groups is 1. The van der Waals surface area contributed by atoms with Gasteiger partial charge in [0.2, 0.25) is 5.91 Å². The summed E-state index contributed by atoms with van der Waals surface area (Å²) < 4.78 is 48.3. The number of rotatable bonds is 9. The smallest absolute Gasteiger partial charge is 0.408 e. The number of nitriles is 1. The fraction of sp³-hybridized carbons (Fsp3) is 0.417. The van der Waals surface area contributed by atoms with Crippen molar-refractivity contribution in [3.63, 3.8) is 0 Å². The van der Waals surface area contributed by atoms with E-state index in [1.807, 2.05) is 18.2 Å². The molecule has 0 unspecified atom stereocenters. The summed E-state index contributed by atoms with van der Waals surface area (Å²) in [5.41, 5.74) is 5.71. The zero-order chi connectivity index (χ0) is 23.5. The molecule has 170 valence electrons. The van der Waals surface area contributed by atoms with Crippen molar-refractivity contribution in [3.05, 3.63) is 54.1 Å². The monoisotopic (exact) mass is 445 g/mol. The molecule has 0 radical (unpaired) electrons. The van der Waals surface area contributed by atoms with Crippen molar-refractivity contribution in [1.82, 2.24) is 4.90 Å². The maximum atomic E-state index is 14.4. The van der Waals surface area contributed by atoms with E-state index in [9.17, 15) is 23.2 Å². The summed E-state index contributed by atoms with van der Waals surface area (Å²) in [6.45, 7) is 1.77. The van der Waals surface area contributed by atoms with Crippen molar-refractivity contribution in [3.8, 4) is 22.9 Å². The van der Waals surface area contributed by atoms with Crippen LogP contribution in [0.5, 0.6) is 5.75 Å². The number of hydrogen-bond acceptors (Lipinski definition) is 4.